The summed E-state index contributed by atoms with van der Waals surface area (Å²) >= 11 is 0. The number of aromatic nitrogens is 4. The molecule has 0 radical (unpaired) electrons. The lowest BCUT2D eigenvalue weighted by molar-refractivity contribution is 0.00493. The molecule has 0 spiro atoms. The lowest BCUT2D eigenvalue weighted by atomic mass is 9.71. The number of pyridine rings is 2. The van der Waals surface area contributed by atoms with Gasteiger partial charge in [0.05, 0.1) is 47.8 Å². The van der Waals surface area contributed by atoms with Crippen LogP contribution in [0, 0.1) is 25.2 Å². The van der Waals surface area contributed by atoms with Crippen molar-refractivity contribution in [2.24, 2.45) is 0 Å². The molecule has 0 amide bonds. The average molecular weight is 525 g/mol. The van der Waals surface area contributed by atoms with Gasteiger partial charge >= 0.3 is 0 Å². The minimum absolute atomic E-state index is 0.000591. The smallest absolute Gasteiger partial charge is 0.170 e. The third-order valence-corrected chi connectivity index (χ3v) is 8.92. The van der Waals surface area contributed by atoms with E-state index in [2.05, 4.69) is 22.1 Å². The van der Waals surface area contributed by atoms with Crippen molar-refractivity contribution in [3.8, 4) is 11.9 Å². The number of carbonyl (C=O) groups is 1. The zero-order chi connectivity index (χ0) is 27.0. The summed E-state index contributed by atoms with van der Waals surface area (Å²) in [5, 5.41) is 14.6. The number of nitrogens with zero attached hydrogens (tertiary/aromatic N) is 6. The summed E-state index contributed by atoms with van der Waals surface area (Å²) < 4.78 is 7.25. The van der Waals surface area contributed by atoms with Crippen molar-refractivity contribution < 1.29 is 9.53 Å². The van der Waals surface area contributed by atoms with Crippen LogP contribution in [0.25, 0.3) is 5.82 Å². The van der Waals surface area contributed by atoms with Crippen LogP contribution in [0.4, 0.5) is 0 Å². The number of rotatable bonds is 7. The van der Waals surface area contributed by atoms with Gasteiger partial charge in [0.2, 0.25) is 0 Å². The highest BCUT2D eigenvalue weighted by molar-refractivity contribution is 5.98. The maximum absolute atomic E-state index is 13.2. The van der Waals surface area contributed by atoms with E-state index in [0.717, 1.165) is 80.4 Å². The fourth-order valence-electron chi connectivity index (χ4n) is 6.34. The monoisotopic (exact) mass is 524 g/mol. The van der Waals surface area contributed by atoms with Crippen LogP contribution < -0.4 is 0 Å². The van der Waals surface area contributed by atoms with Gasteiger partial charge in [0.25, 0.3) is 0 Å². The summed E-state index contributed by atoms with van der Waals surface area (Å²) in [6, 6.07) is 11.2. The number of hydrogen-bond acceptors (Lipinski definition) is 7. The van der Waals surface area contributed by atoms with E-state index in [0.29, 0.717) is 17.5 Å². The van der Waals surface area contributed by atoms with Crippen molar-refractivity contribution in [2.75, 3.05) is 26.3 Å². The molecule has 8 heteroatoms. The highest BCUT2D eigenvalue weighted by Crippen LogP contribution is 2.41. The molecular weight excluding hydrogens is 488 g/mol. The van der Waals surface area contributed by atoms with Crippen LogP contribution >= 0.6 is 0 Å². The standard InChI is InChI=1S/C31H36N6O2/c1-21-26(24-4-5-24)6-8-30(35-21)37-22(2)27(19-34-37)28(38)17-23-3-7-29(33-18-23)31(20-32)11-9-25(10-12-31)36-13-15-39-16-14-36/h3,6-8,18-19,24-25H,4-5,9-17H2,1-2H3. The second kappa shape index (κ2) is 10.6. The summed E-state index contributed by atoms with van der Waals surface area (Å²) in [6.07, 6.45) is 9.74. The predicted molar refractivity (Wildman–Crippen MR) is 147 cm³/mol. The largest absolute Gasteiger partial charge is 0.379 e. The number of ketones is 1. The van der Waals surface area contributed by atoms with Gasteiger partial charge in [-0.05, 0) is 81.5 Å². The Morgan fingerprint density at radius 2 is 1.85 bits per heavy atom. The molecule has 1 aliphatic heterocycles. The molecule has 4 heterocycles. The number of morpholine rings is 1. The quantitative estimate of drug-likeness (QED) is 0.416. The lowest BCUT2D eigenvalue weighted by Crippen LogP contribution is -2.47. The first kappa shape index (κ1) is 25.8. The van der Waals surface area contributed by atoms with Crippen molar-refractivity contribution in [3.05, 3.63) is 70.4 Å². The second-order valence-electron chi connectivity index (χ2n) is 11.4. The fraction of sp³-hybridized carbons (Fsp3) is 0.516. The number of ether oxygens (including phenoxy) is 1. The van der Waals surface area contributed by atoms with Crippen molar-refractivity contribution in [1.29, 1.82) is 5.26 Å². The minimum Gasteiger partial charge on any atom is -0.379 e. The Labute approximate surface area is 230 Å². The molecule has 202 valence electrons. The van der Waals surface area contributed by atoms with E-state index in [-0.39, 0.29) is 12.2 Å². The van der Waals surface area contributed by atoms with Crippen molar-refractivity contribution in [3.63, 3.8) is 0 Å². The van der Waals surface area contributed by atoms with Gasteiger partial charge in [0.1, 0.15) is 0 Å². The Balaban J connectivity index is 1.12. The summed E-state index contributed by atoms with van der Waals surface area (Å²) in [7, 11) is 0. The number of hydrogen-bond donors (Lipinski definition) is 0. The zero-order valence-corrected chi connectivity index (χ0v) is 22.9. The molecule has 0 bridgehead atoms. The van der Waals surface area contributed by atoms with Crippen LogP contribution in [0.3, 0.4) is 0 Å². The van der Waals surface area contributed by atoms with E-state index in [1.54, 1.807) is 17.1 Å². The maximum atomic E-state index is 13.2. The van der Waals surface area contributed by atoms with Crippen LogP contribution in [0.2, 0.25) is 0 Å². The van der Waals surface area contributed by atoms with Gasteiger partial charge in [-0.25, -0.2) is 9.67 Å². The van der Waals surface area contributed by atoms with Gasteiger partial charge < -0.3 is 4.74 Å². The molecule has 39 heavy (non-hydrogen) atoms. The lowest BCUT2D eigenvalue weighted by Gasteiger charge is -2.41. The summed E-state index contributed by atoms with van der Waals surface area (Å²) in [5.41, 5.74) is 4.85. The highest BCUT2D eigenvalue weighted by Gasteiger charge is 2.40. The number of Topliss-reactive ketones (excluding diaryl/α,β-unsaturated/α-hetero) is 1. The molecule has 3 aliphatic rings. The van der Waals surface area contributed by atoms with Crippen LogP contribution in [0.15, 0.2) is 36.7 Å². The van der Waals surface area contributed by atoms with E-state index in [1.807, 2.05) is 32.0 Å². The average Bonchev–Trinajstić information content (AvgIpc) is 3.74. The van der Waals surface area contributed by atoms with Crippen LogP contribution in [-0.2, 0) is 16.6 Å². The summed E-state index contributed by atoms with van der Waals surface area (Å²) in [6.45, 7) is 7.51. The number of aryl methyl sites for hydroxylation is 1. The van der Waals surface area contributed by atoms with Gasteiger partial charge in [-0.1, -0.05) is 12.1 Å². The van der Waals surface area contributed by atoms with Crippen LogP contribution in [-0.4, -0.2) is 62.8 Å². The second-order valence-corrected chi connectivity index (χ2v) is 11.4. The Morgan fingerprint density at radius 3 is 2.49 bits per heavy atom. The number of nitriles is 1. The van der Waals surface area contributed by atoms with Gasteiger partial charge in [-0.3, -0.25) is 14.7 Å². The molecule has 0 unspecified atom stereocenters. The van der Waals surface area contributed by atoms with Gasteiger partial charge in [0.15, 0.2) is 11.6 Å². The first-order valence-corrected chi connectivity index (χ1v) is 14.2. The Hall–Kier alpha value is -3.41. The zero-order valence-electron chi connectivity index (χ0n) is 22.9. The van der Waals surface area contributed by atoms with E-state index in [4.69, 9.17) is 14.7 Å². The molecule has 0 N–H and O–H groups in total. The van der Waals surface area contributed by atoms with Crippen molar-refractivity contribution in [1.82, 2.24) is 24.6 Å². The van der Waals surface area contributed by atoms with Crippen LogP contribution in [0.5, 0.6) is 0 Å². The molecular formula is C31H36N6O2. The van der Waals surface area contributed by atoms with E-state index >= 15 is 0 Å². The topological polar surface area (TPSA) is 96.9 Å². The molecule has 2 saturated carbocycles. The Bertz CT molecular complexity index is 1390. The predicted octanol–water partition coefficient (Wildman–Crippen LogP) is 4.62. The van der Waals surface area contributed by atoms with E-state index in [1.165, 1.54) is 18.4 Å². The summed E-state index contributed by atoms with van der Waals surface area (Å²) in [5.74, 6) is 1.39. The molecule has 6 rings (SSSR count). The molecule has 3 fully saturated rings. The Kier molecular flexibility index (Phi) is 7.05. The van der Waals surface area contributed by atoms with E-state index < -0.39 is 5.41 Å². The van der Waals surface area contributed by atoms with Gasteiger partial charge in [-0.2, -0.15) is 10.4 Å². The minimum atomic E-state index is -0.552. The third-order valence-electron chi connectivity index (χ3n) is 8.92. The third kappa shape index (κ3) is 5.13. The van der Waals surface area contributed by atoms with Crippen molar-refractivity contribution >= 4 is 5.78 Å². The van der Waals surface area contributed by atoms with Crippen molar-refractivity contribution in [2.45, 2.75) is 76.2 Å². The molecule has 2 aliphatic carbocycles. The summed E-state index contributed by atoms with van der Waals surface area (Å²) in [4.78, 5) is 25.2. The van der Waals surface area contributed by atoms with E-state index in [9.17, 15) is 10.1 Å². The number of carbonyl (C=O) groups excluding carboxylic acids is 1. The molecule has 8 nitrogen and oxygen atoms in total. The molecule has 3 aromatic heterocycles. The maximum Gasteiger partial charge on any atom is 0.170 e. The Morgan fingerprint density at radius 1 is 1.08 bits per heavy atom. The normalized spacial score (nSPS) is 23.9. The molecule has 1 saturated heterocycles. The first-order valence-electron chi connectivity index (χ1n) is 14.2. The SMILES string of the molecule is Cc1nc(-n2ncc(C(=O)Cc3ccc(C4(C#N)CCC(N5CCOCC5)CC4)nc3)c2C)ccc1C1CC1. The van der Waals surface area contributed by atoms with Gasteiger partial charge in [0, 0.05) is 37.4 Å². The molecule has 3 aromatic rings. The highest BCUT2D eigenvalue weighted by atomic mass is 16.5. The van der Waals surface area contributed by atoms with Crippen LogP contribution in [0.1, 0.15) is 83.0 Å². The first-order chi connectivity index (χ1) is 19.0. The molecule has 0 atom stereocenters. The van der Waals surface area contributed by atoms with Gasteiger partial charge in [-0.15, -0.1) is 0 Å². The molecule has 0 aromatic carbocycles. The fourth-order valence-corrected chi connectivity index (χ4v) is 6.34.